The van der Waals surface area contributed by atoms with E-state index in [2.05, 4.69) is 4.98 Å². The summed E-state index contributed by atoms with van der Waals surface area (Å²) >= 11 is 0. The number of hydrogen-bond acceptors (Lipinski definition) is 5. The van der Waals surface area contributed by atoms with Crippen LogP contribution in [-0.2, 0) is 6.54 Å². The Kier molecular flexibility index (Phi) is 1.71. The van der Waals surface area contributed by atoms with Gasteiger partial charge in [-0.25, -0.2) is 0 Å². The summed E-state index contributed by atoms with van der Waals surface area (Å²) in [5, 5.41) is 10.4. The Labute approximate surface area is 79.6 Å². The maximum absolute atomic E-state index is 10.4. The van der Waals surface area contributed by atoms with Crippen molar-refractivity contribution in [1.29, 1.82) is 0 Å². The third kappa shape index (κ3) is 1.22. The van der Waals surface area contributed by atoms with Gasteiger partial charge in [0, 0.05) is 11.5 Å². The van der Waals surface area contributed by atoms with Crippen LogP contribution in [-0.4, -0.2) is 26.6 Å². The third-order valence-corrected chi connectivity index (χ3v) is 2.19. The van der Waals surface area contributed by atoms with E-state index in [1.165, 1.54) is 6.20 Å². The van der Waals surface area contributed by atoms with Crippen LogP contribution >= 0.6 is 0 Å². The average Bonchev–Trinajstić information content (AvgIpc) is 2.59. The van der Waals surface area contributed by atoms with E-state index >= 15 is 0 Å². The second-order valence-electron chi connectivity index (χ2n) is 3.52. The fraction of sp³-hybridized carbons (Fsp3) is 0.571. The van der Waals surface area contributed by atoms with Crippen molar-refractivity contribution in [3.63, 3.8) is 0 Å². The van der Waals surface area contributed by atoms with Crippen LogP contribution < -0.4 is 10.5 Å². The maximum Gasteiger partial charge on any atom is 0.415 e. The van der Waals surface area contributed by atoms with Crippen LogP contribution in [0.4, 0.5) is 5.82 Å². The van der Waals surface area contributed by atoms with Gasteiger partial charge >= 0.3 is 11.8 Å². The lowest BCUT2D eigenvalue weighted by molar-refractivity contribution is -0.389. The summed E-state index contributed by atoms with van der Waals surface area (Å²) in [6.45, 7) is 2.69. The molecule has 1 aliphatic heterocycles. The highest BCUT2D eigenvalue weighted by Gasteiger charge is 2.39. The number of nitrogens with zero attached hydrogens (tertiary/aromatic N) is 3. The quantitative estimate of drug-likeness (QED) is 0.528. The molecule has 0 aliphatic carbocycles. The Bertz CT molecular complexity index is 363. The lowest BCUT2D eigenvalue weighted by atomic mass is 10.1. The van der Waals surface area contributed by atoms with Crippen molar-refractivity contribution >= 4 is 5.82 Å². The minimum Gasteiger partial charge on any atom is -0.436 e. The molecule has 7 nitrogen and oxygen atoms in total. The van der Waals surface area contributed by atoms with Crippen molar-refractivity contribution in [3.8, 4) is 6.01 Å². The van der Waals surface area contributed by atoms with E-state index in [0.29, 0.717) is 13.1 Å². The molecule has 0 amide bonds. The van der Waals surface area contributed by atoms with Crippen LogP contribution in [0.1, 0.15) is 6.92 Å². The van der Waals surface area contributed by atoms with Crippen molar-refractivity contribution in [1.82, 2.24) is 9.55 Å². The lowest BCUT2D eigenvalue weighted by Gasteiger charge is -2.18. The molecule has 1 aliphatic rings. The number of nitro groups is 1. The molecule has 0 fully saturated rings. The normalized spacial score (nSPS) is 24.4. The number of nitrogens with two attached hydrogens (primary N) is 1. The van der Waals surface area contributed by atoms with E-state index < -0.39 is 10.5 Å². The van der Waals surface area contributed by atoms with Gasteiger partial charge in [0.1, 0.15) is 11.8 Å². The molecule has 7 heteroatoms. The van der Waals surface area contributed by atoms with Crippen molar-refractivity contribution in [2.75, 3.05) is 6.54 Å². The van der Waals surface area contributed by atoms with Crippen LogP contribution in [0, 0.1) is 10.1 Å². The number of hydrogen-bond donors (Lipinski definition) is 1. The van der Waals surface area contributed by atoms with Gasteiger partial charge in [-0.05, 0) is 11.8 Å². The van der Waals surface area contributed by atoms with E-state index in [9.17, 15) is 10.1 Å². The number of fused-ring (bicyclic) bond motifs is 1. The van der Waals surface area contributed by atoms with Crippen LogP contribution in [0.2, 0.25) is 0 Å². The first kappa shape index (κ1) is 8.95. The molecule has 0 aromatic carbocycles. The van der Waals surface area contributed by atoms with Gasteiger partial charge < -0.3 is 20.6 Å². The number of ether oxygens (including phenoxy) is 1. The predicted octanol–water partition coefficient (Wildman–Crippen LogP) is -0.0989. The van der Waals surface area contributed by atoms with Gasteiger partial charge in [0.2, 0.25) is 0 Å². The summed E-state index contributed by atoms with van der Waals surface area (Å²) in [5.41, 5.74) is 5.02. The van der Waals surface area contributed by atoms with Gasteiger partial charge in [-0.3, -0.25) is 4.57 Å². The highest BCUT2D eigenvalue weighted by molar-refractivity contribution is 5.23. The van der Waals surface area contributed by atoms with Crippen LogP contribution in [0.25, 0.3) is 0 Å². The fourth-order valence-electron chi connectivity index (χ4n) is 1.39. The molecule has 0 radical (unpaired) electrons. The molecule has 14 heavy (non-hydrogen) atoms. The molecule has 1 aromatic heterocycles. The topological polar surface area (TPSA) is 96.2 Å². The van der Waals surface area contributed by atoms with Crippen LogP contribution in [0.5, 0.6) is 6.01 Å². The van der Waals surface area contributed by atoms with Gasteiger partial charge in [-0.1, -0.05) is 0 Å². The summed E-state index contributed by atoms with van der Waals surface area (Å²) in [6.07, 6.45) is 1.36. The van der Waals surface area contributed by atoms with E-state index in [4.69, 9.17) is 10.5 Å². The zero-order valence-corrected chi connectivity index (χ0v) is 7.64. The average molecular weight is 198 g/mol. The molecule has 1 atom stereocenters. The summed E-state index contributed by atoms with van der Waals surface area (Å²) in [5.74, 6) is -0.195. The molecule has 76 valence electrons. The largest absolute Gasteiger partial charge is 0.436 e. The van der Waals surface area contributed by atoms with Crippen molar-refractivity contribution in [2.24, 2.45) is 5.73 Å². The number of rotatable bonds is 2. The highest BCUT2D eigenvalue weighted by Crippen LogP contribution is 2.29. The summed E-state index contributed by atoms with van der Waals surface area (Å²) in [4.78, 5) is 13.6. The lowest BCUT2D eigenvalue weighted by Crippen LogP contribution is -2.39. The molecule has 0 saturated heterocycles. The van der Waals surface area contributed by atoms with Crippen LogP contribution in [0.15, 0.2) is 6.20 Å². The zero-order valence-electron chi connectivity index (χ0n) is 7.64. The predicted molar refractivity (Wildman–Crippen MR) is 47.0 cm³/mol. The molecule has 1 aromatic rings. The monoisotopic (exact) mass is 198 g/mol. The first-order valence-corrected chi connectivity index (χ1v) is 4.15. The van der Waals surface area contributed by atoms with Crippen molar-refractivity contribution in [3.05, 3.63) is 16.3 Å². The Balaban J connectivity index is 2.28. The summed E-state index contributed by atoms with van der Waals surface area (Å²) in [7, 11) is 0. The smallest absolute Gasteiger partial charge is 0.415 e. The van der Waals surface area contributed by atoms with E-state index in [1.54, 1.807) is 4.57 Å². The number of imidazole rings is 1. The zero-order chi connectivity index (χ0) is 10.3. The standard InChI is InChI=1S/C7H10N4O3/c1-7(3-8)4-10-2-5(11(12)13)9-6(10)14-7/h2H,3-4,8H2,1H3. The second kappa shape index (κ2) is 2.68. The van der Waals surface area contributed by atoms with Crippen molar-refractivity contribution < 1.29 is 9.66 Å². The Morgan fingerprint density at radius 2 is 2.64 bits per heavy atom. The molecule has 0 spiro atoms. The molecule has 2 heterocycles. The number of aromatic nitrogens is 2. The summed E-state index contributed by atoms with van der Waals surface area (Å²) in [6, 6.07) is 0.268. The summed E-state index contributed by atoms with van der Waals surface area (Å²) < 4.78 is 7.00. The van der Waals surface area contributed by atoms with Crippen LogP contribution in [0.3, 0.4) is 0 Å². The molecule has 0 saturated carbocycles. The van der Waals surface area contributed by atoms with E-state index in [-0.39, 0.29) is 11.8 Å². The third-order valence-electron chi connectivity index (χ3n) is 2.19. The van der Waals surface area contributed by atoms with Gasteiger partial charge in [-0.2, -0.15) is 0 Å². The SMILES string of the molecule is CC1(CN)Cn2cc([N+](=O)[O-])nc2O1. The molecule has 2 rings (SSSR count). The first-order chi connectivity index (χ1) is 6.54. The van der Waals surface area contributed by atoms with Gasteiger partial charge in [-0.15, -0.1) is 0 Å². The fourth-order valence-corrected chi connectivity index (χ4v) is 1.39. The molecular formula is C7H10N4O3. The van der Waals surface area contributed by atoms with E-state index in [0.717, 1.165) is 0 Å². The van der Waals surface area contributed by atoms with Gasteiger partial charge in [0.25, 0.3) is 0 Å². The highest BCUT2D eigenvalue weighted by atomic mass is 16.6. The Morgan fingerprint density at radius 1 is 1.93 bits per heavy atom. The van der Waals surface area contributed by atoms with E-state index in [1.807, 2.05) is 6.92 Å². The maximum atomic E-state index is 10.4. The van der Waals surface area contributed by atoms with Crippen molar-refractivity contribution in [2.45, 2.75) is 19.1 Å². The second-order valence-corrected chi connectivity index (χ2v) is 3.52. The Morgan fingerprint density at radius 3 is 3.14 bits per heavy atom. The van der Waals surface area contributed by atoms with Gasteiger partial charge in [0.05, 0.1) is 6.54 Å². The Hall–Kier alpha value is -1.63. The minimum absolute atomic E-state index is 0.195. The molecular weight excluding hydrogens is 188 g/mol. The molecule has 0 bridgehead atoms. The molecule has 2 N–H and O–H groups in total. The molecule has 1 unspecified atom stereocenters. The minimum atomic E-state index is -0.547. The first-order valence-electron chi connectivity index (χ1n) is 4.15. The van der Waals surface area contributed by atoms with Gasteiger partial charge in [0.15, 0.2) is 0 Å².